The van der Waals surface area contributed by atoms with Gasteiger partial charge in [0.2, 0.25) is 0 Å². The first-order valence-corrected chi connectivity index (χ1v) is 10.6. The molecule has 3 aliphatic carbocycles. The van der Waals surface area contributed by atoms with Crippen LogP contribution in [0.1, 0.15) is 72.1 Å². The molecule has 6 atom stereocenters. The van der Waals surface area contributed by atoms with Gasteiger partial charge in [-0.2, -0.15) is 0 Å². The highest BCUT2D eigenvalue weighted by Gasteiger charge is 2.62. The topological polar surface area (TPSA) is 35.8 Å². The van der Waals surface area contributed by atoms with Crippen molar-refractivity contribution in [3.05, 3.63) is 11.8 Å². The van der Waals surface area contributed by atoms with Gasteiger partial charge in [-0.15, -0.1) is 0 Å². The SMILES string of the molecule is CC12CCC3=NCCCN3C1=CCC1C2CCC2(C)C1CCC2(C)O. The minimum absolute atomic E-state index is 0.127. The van der Waals surface area contributed by atoms with Crippen molar-refractivity contribution in [2.45, 2.75) is 77.7 Å². The van der Waals surface area contributed by atoms with E-state index in [9.17, 15) is 5.11 Å². The average molecular weight is 343 g/mol. The number of aliphatic hydroxyl groups is 1. The molecule has 25 heavy (non-hydrogen) atoms. The molecule has 3 fully saturated rings. The Morgan fingerprint density at radius 2 is 1.92 bits per heavy atom. The molecule has 5 rings (SSSR count). The number of amidine groups is 1. The number of rotatable bonds is 0. The molecule has 0 aromatic carbocycles. The lowest BCUT2D eigenvalue weighted by Gasteiger charge is -2.60. The fourth-order valence-corrected chi connectivity index (χ4v) is 7.55. The van der Waals surface area contributed by atoms with Gasteiger partial charge in [0.1, 0.15) is 5.84 Å². The molecule has 0 bridgehead atoms. The molecule has 5 aliphatic rings. The van der Waals surface area contributed by atoms with Gasteiger partial charge in [0.25, 0.3) is 0 Å². The van der Waals surface area contributed by atoms with Crippen molar-refractivity contribution in [2.24, 2.45) is 33.6 Å². The first kappa shape index (κ1) is 16.4. The Morgan fingerprint density at radius 3 is 2.76 bits per heavy atom. The minimum Gasteiger partial charge on any atom is -0.390 e. The summed E-state index contributed by atoms with van der Waals surface area (Å²) in [6.45, 7) is 9.25. The predicted molar refractivity (Wildman–Crippen MR) is 101 cm³/mol. The zero-order chi connectivity index (χ0) is 17.4. The molecule has 0 amide bonds. The van der Waals surface area contributed by atoms with E-state index < -0.39 is 5.60 Å². The second kappa shape index (κ2) is 5.12. The Hall–Kier alpha value is -0.830. The van der Waals surface area contributed by atoms with Gasteiger partial charge in [-0.1, -0.05) is 19.9 Å². The van der Waals surface area contributed by atoms with Crippen LogP contribution in [0.4, 0.5) is 0 Å². The number of allylic oxidation sites excluding steroid dienone is 2. The maximum Gasteiger partial charge on any atom is 0.103 e. The van der Waals surface area contributed by atoms with Crippen LogP contribution in [0.15, 0.2) is 16.8 Å². The van der Waals surface area contributed by atoms with Gasteiger partial charge in [0.15, 0.2) is 0 Å². The van der Waals surface area contributed by atoms with Crippen molar-refractivity contribution in [1.29, 1.82) is 0 Å². The Labute approximate surface area is 152 Å². The van der Waals surface area contributed by atoms with E-state index in [1.807, 2.05) is 0 Å². The standard InChI is InChI=1S/C22H34N2O/c1-20-10-9-19-23-13-4-14-24(19)18(20)6-5-15-16(20)7-11-21(2)17(15)8-12-22(21,3)25/h6,15-17,25H,4-5,7-14H2,1-3H3. The molecule has 1 N–H and O–H groups in total. The quantitative estimate of drug-likeness (QED) is 0.709. The highest BCUT2D eigenvalue weighted by molar-refractivity contribution is 5.86. The van der Waals surface area contributed by atoms with Crippen molar-refractivity contribution in [3.8, 4) is 0 Å². The smallest absolute Gasteiger partial charge is 0.103 e. The fraction of sp³-hybridized carbons (Fsp3) is 0.864. The molecule has 0 spiro atoms. The molecule has 1 saturated heterocycles. The van der Waals surface area contributed by atoms with Crippen molar-refractivity contribution >= 4 is 5.84 Å². The van der Waals surface area contributed by atoms with Gasteiger partial charge in [-0.05, 0) is 75.0 Å². The van der Waals surface area contributed by atoms with Gasteiger partial charge in [-0.3, -0.25) is 4.99 Å². The van der Waals surface area contributed by atoms with Gasteiger partial charge in [0.05, 0.1) is 5.60 Å². The lowest BCUT2D eigenvalue weighted by molar-refractivity contribution is -0.114. The van der Waals surface area contributed by atoms with Crippen LogP contribution in [0, 0.1) is 28.6 Å². The highest BCUT2D eigenvalue weighted by Crippen LogP contribution is 2.66. The van der Waals surface area contributed by atoms with Crippen molar-refractivity contribution in [3.63, 3.8) is 0 Å². The lowest BCUT2D eigenvalue weighted by Crippen LogP contribution is -2.56. The van der Waals surface area contributed by atoms with Crippen LogP contribution in [-0.4, -0.2) is 34.5 Å². The number of hydrogen-bond donors (Lipinski definition) is 1. The molecule has 2 saturated carbocycles. The molecule has 0 radical (unpaired) electrons. The second-order valence-corrected chi connectivity index (χ2v) is 10.2. The summed E-state index contributed by atoms with van der Waals surface area (Å²) >= 11 is 0. The summed E-state index contributed by atoms with van der Waals surface area (Å²) < 4.78 is 0. The highest BCUT2D eigenvalue weighted by atomic mass is 16.3. The number of hydrogen-bond acceptors (Lipinski definition) is 3. The Balaban J connectivity index is 1.52. The molecule has 3 heteroatoms. The van der Waals surface area contributed by atoms with E-state index in [1.54, 1.807) is 5.70 Å². The van der Waals surface area contributed by atoms with Gasteiger partial charge in [-0.25, -0.2) is 0 Å². The monoisotopic (exact) mass is 342 g/mol. The number of aliphatic imine (C=N–C) groups is 1. The van der Waals surface area contributed by atoms with Crippen LogP contribution in [0.5, 0.6) is 0 Å². The second-order valence-electron chi connectivity index (χ2n) is 10.2. The van der Waals surface area contributed by atoms with Crippen molar-refractivity contribution in [2.75, 3.05) is 13.1 Å². The third kappa shape index (κ3) is 1.99. The van der Waals surface area contributed by atoms with E-state index in [1.165, 1.54) is 50.9 Å². The summed E-state index contributed by atoms with van der Waals surface area (Å²) in [6.07, 6.45) is 12.2. The summed E-state index contributed by atoms with van der Waals surface area (Å²) in [7, 11) is 0. The molecule has 6 unspecified atom stereocenters. The third-order valence-corrected chi connectivity index (χ3v) is 9.29. The molecular weight excluding hydrogens is 308 g/mol. The van der Waals surface area contributed by atoms with Crippen LogP contribution in [0.2, 0.25) is 0 Å². The average Bonchev–Trinajstić information content (AvgIpc) is 2.84. The first-order chi connectivity index (χ1) is 11.9. The minimum atomic E-state index is -0.465. The first-order valence-electron chi connectivity index (χ1n) is 10.6. The predicted octanol–water partition coefficient (Wildman–Crippen LogP) is 4.37. The Morgan fingerprint density at radius 1 is 1.12 bits per heavy atom. The van der Waals surface area contributed by atoms with Gasteiger partial charge in [0, 0.05) is 30.6 Å². The Bertz CT molecular complexity index is 650. The van der Waals surface area contributed by atoms with Gasteiger partial charge >= 0.3 is 0 Å². The molecule has 138 valence electrons. The van der Waals surface area contributed by atoms with Gasteiger partial charge < -0.3 is 10.0 Å². The third-order valence-electron chi connectivity index (χ3n) is 9.29. The van der Waals surface area contributed by atoms with E-state index in [4.69, 9.17) is 4.99 Å². The summed E-state index contributed by atoms with van der Waals surface area (Å²) in [6, 6.07) is 0. The van der Waals surface area contributed by atoms with Crippen molar-refractivity contribution in [1.82, 2.24) is 4.90 Å². The summed E-state index contributed by atoms with van der Waals surface area (Å²) in [4.78, 5) is 7.41. The maximum absolute atomic E-state index is 11.1. The molecular formula is C22H34N2O. The summed E-state index contributed by atoms with van der Waals surface area (Å²) in [5.74, 6) is 3.62. The van der Waals surface area contributed by atoms with E-state index in [2.05, 4.69) is 31.7 Å². The fourth-order valence-electron chi connectivity index (χ4n) is 7.55. The zero-order valence-corrected chi connectivity index (χ0v) is 16.2. The molecule has 0 aromatic heterocycles. The van der Waals surface area contributed by atoms with Crippen molar-refractivity contribution < 1.29 is 5.11 Å². The maximum atomic E-state index is 11.1. The largest absolute Gasteiger partial charge is 0.390 e. The normalized spacial score (nSPS) is 51.7. The Kier molecular flexibility index (Phi) is 3.35. The lowest BCUT2D eigenvalue weighted by atomic mass is 9.48. The van der Waals surface area contributed by atoms with Crippen LogP contribution < -0.4 is 0 Å². The molecule has 2 aliphatic heterocycles. The number of fused-ring (bicyclic) bond motifs is 7. The zero-order valence-electron chi connectivity index (χ0n) is 16.2. The number of nitrogens with zero attached hydrogens (tertiary/aromatic N) is 2. The van der Waals surface area contributed by atoms with E-state index >= 15 is 0 Å². The summed E-state index contributed by atoms with van der Waals surface area (Å²) in [5, 5.41) is 11.1. The van der Waals surface area contributed by atoms with E-state index in [0.717, 1.165) is 31.2 Å². The van der Waals surface area contributed by atoms with Crippen LogP contribution >= 0.6 is 0 Å². The molecule has 3 nitrogen and oxygen atoms in total. The van der Waals surface area contributed by atoms with Crippen LogP contribution in [0.3, 0.4) is 0 Å². The summed E-state index contributed by atoms with van der Waals surface area (Å²) in [5.41, 5.74) is 1.59. The van der Waals surface area contributed by atoms with E-state index in [-0.39, 0.29) is 5.41 Å². The molecule has 2 heterocycles. The number of piperidine rings is 1. The van der Waals surface area contributed by atoms with Crippen LogP contribution in [-0.2, 0) is 0 Å². The van der Waals surface area contributed by atoms with E-state index in [0.29, 0.717) is 11.3 Å². The van der Waals surface area contributed by atoms with Crippen LogP contribution in [0.25, 0.3) is 0 Å². The molecule has 0 aromatic rings.